The van der Waals surface area contributed by atoms with Crippen LogP contribution in [0.3, 0.4) is 0 Å². The molecule has 0 amide bonds. The van der Waals surface area contributed by atoms with Gasteiger partial charge in [0.1, 0.15) is 0 Å². The van der Waals surface area contributed by atoms with E-state index in [2.05, 4.69) is 9.88 Å². The lowest BCUT2D eigenvalue weighted by molar-refractivity contribution is 0.0602. The van der Waals surface area contributed by atoms with Gasteiger partial charge in [-0.25, -0.2) is 9.78 Å². The largest absolute Gasteiger partial charge is 0.465 e. The van der Waals surface area contributed by atoms with Gasteiger partial charge in [-0.1, -0.05) is 6.42 Å². The Morgan fingerprint density at radius 3 is 2.74 bits per heavy atom. The number of nitrogens with two attached hydrogens (primary N) is 1. The molecule has 2 heterocycles. The minimum Gasteiger partial charge on any atom is -0.465 e. The Morgan fingerprint density at radius 1 is 1.42 bits per heavy atom. The molecule has 0 spiro atoms. The molecule has 102 valence electrons. The summed E-state index contributed by atoms with van der Waals surface area (Å²) in [7, 11) is 1.36. The van der Waals surface area contributed by atoms with Crippen LogP contribution in [0.25, 0.3) is 0 Å². The van der Waals surface area contributed by atoms with Crippen LogP contribution >= 0.6 is 0 Å². The molecule has 1 aromatic rings. The summed E-state index contributed by atoms with van der Waals surface area (Å²) < 4.78 is 4.74. The van der Waals surface area contributed by atoms with Gasteiger partial charge in [-0.05, 0) is 30.7 Å². The second-order valence-electron chi connectivity index (χ2n) is 5.44. The predicted molar refractivity (Wildman–Crippen MR) is 73.0 cm³/mol. The van der Waals surface area contributed by atoms with Crippen molar-refractivity contribution in [3.63, 3.8) is 0 Å². The molecule has 1 aliphatic heterocycles. The number of aromatic nitrogens is 1. The number of carbonyl (C=O) groups excluding carboxylic acids is 1. The number of esters is 1. The number of hydrogen-bond donors (Lipinski definition) is 1. The SMILES string of the molecule is COC(=O)c1ccnc(N2CC3CCCC3C2)c1N. The number of fused-ring (bicyclic) bond motifs is 1. The van der Waals surface area contributed by atoms with Crippen LogP contribution in [0.4, 0.5) is 11.5 Å². The quantitative estimate of drug-likeness (QED) is 0.820. The average Bonchev–Trinajstić information content (AvgIpc) is 2.99. The maximum atomic E-state index is 11.6. The smallest absolute Gasteiger partial charge is 0.340 e. The highest BCUT2D eigenvalue weighted by atomic mass is 16.5. The fourth-order valence-corrected chi connectivity index (χ4v) is 3.41. The predicted octanol–water partition coefficient (Wildman–Crippen LogP) is 1.69. The van der Waals surface area contributed by atoms with E-state index in [4.69, 9.17) is 10.5 Å². The number of ether oxygens (including phenoxy) is 1. The van der Waals surface area contributed by atoms with Crippen molar-refractivity contribution in [3.05, 3.63) is 17.8 Å². The number of anilines is 2. The fraction of sp³-hybridized carbons (Fsp3) is 0.571. The van der Waals surface area contributed by atoms with Gasteiger partial charge in [-0.3, -0.25) is 0 Å². The Bertz CT molecular complexity index is 491. The van der Waals surface area contributed by atoms with E-state index in [0.717, 1.165) is 30.7 Å². The standard InChI is InChI=1S/C14H19N3O2/c1-19-14(18)11-5-6-16-13(12(11)15)17-7-9-3-2-4-10(9)8-17/h5-6,9-10H,2-4,7-8,15H2,1H3. The Kier molecular flexibility index (Phi) is 3.05. The lowest BCUT2D eigenvalue weighted by Gasteiger charge is -2.21. The van der Waals surface area contributed by atoms with E-state index in [0.29, 0.717) is 11.3 Å². The van der Waals surface area contributed by atoms with E-state index in [-0.39, 0.29) is 0 Å². The second kappa shape index (κ2) is 4.72. The maximum Gasteiger partial charge on any atom is 0.340 e. The number of carbonyl (C=O) groups is 1. The van der Waals surface area contributed by atoms with E-state index in [9.17, 15) is 4.79 Å². The van der Waals surface area contributed by atoms with Crippen LogP contribution in [0.5, 0.6) is 0 Å². The first-order chi connectivity index (χ1) is 9.20. The molecule has 1 saturated heterocycles. The van der Waals surface area contributed by atoms with Gasteiger partial charge < -0.3 is 15.4 Å². The van der Waals surface area contributed by atoms with Crippen molar-refractivity contribution in [2.45, 2.75) is 19.3 Å². The minimum absolute atomic E-state index is 0.402. The number of pyridine rings is 1. The van der Waals surface area contributed by atoms with E-state index < -0.39 is 5.97 Å². The van der Waals surface area contributed by atoms with Gasteiger partial charge in [-0.15, -0.1) is 0 Å². The molecule has 19 heavy (non-hydrogen) atoms. The number of rotatable bonds is 2. The summed E-state index contributed by atoms with van der Waals surface area (Å²) in [5.41, 5.74) is 6.93. The second-order valence-corrected chi connectivity index (χ2v) is 5.44. The number of nitrogen functional groups attached to an aromatic ring is 1. The van der Waals surface area contributed by atoms with Crippen LogP contribution in [0.2, 0.25) is 0 Å². The molecule has 1 aromatic heterocycles. The lowest BCUT2D eigenvalue weighted by Crippen LogP contribution is -2.24. The van der Waals surface area contributed by atoms with Gasteiger partial charge >= 0.3 is 5.97 Å². The highest BCUT2D eigenvalue weighted by Crippen LogP contribution is 2.40. The molecule has 2 fully saturated rings. The molecule has 2 aliphatic rings. The van der Waals surface area contributed by atoms with E-state index in [1.165, 1.54) is 26.4 Å². The minimum atomic E-state index is -0.402. The number of methoxy groups -OCH3 is 1. The third-order valence-corrected chi connectivity index (χ3v) is 4.40. The Labute approximate surface area is 112 Å². The van der Waals surface area contributed by atoms with Crippen molar-refractivity contribution in [3.8, 4) is 0 Å². The molecule has 1 saturated carbocycles. The average molecular weight is 261 g/mol. The van der Waals surface area contributed by atoms with Crippen LogP contribution in [-0.4, -0.2) is 31.2 Å². The molecule has 2 atom stereocenters. The van der Waals surface area contributed by atoms with Gasteiger partial charge in [0.15, 0.2) is 5.82 Å². The zero-order chi connectivity index (χ0) is 13.4. The fourth-order valence-electron chi connectivity index (χ4n) is 3.41. The highest BCUT2D eigenvalue weighted by molar-refractivity contribution is 5.97. The molecular formula is C14H19N3O2. The van der Waals surface area contributed by atoms with Crippen molar-refractivity contribution in [1.82, 2.24) is 4.98 Å². The van der Waals surface area contributed by atoms with Crippen LogP contribution in [0.1, 0.15) is 29.6 Å². The summed E-state index contributed by atoms with van der Waals surface area (Å²) in [5, 5.41) is 0. The third kappa shape index (κ3) is 2.03. The summed E-state index contributed by atoms with van der Waals surface area (Å²) in [6, 6.07) is 1.61. The first-order valence-corrected chi connectivity index (χ1v) is 6.78. The first-order valence-electron chi connectivity index (χ1n) is 6.78. The number of hydrogen-bond acceptors (Lipinski definition) is 5. The van der Waals surface area contributed by atoms with Crippen molar-refractivity contribution in [1.29, 1.82) is 0 Å². The van der Waals surface area contributed by atoms with Gasteiger partial charge in [-0.2, -0.15) is 0 Å². The van der Waals surface area contributed by atoms with E-state index in [1.807, 2.05) is 0 Å². The molecule has 2 N–H and O–H groups in total. The van der Waals surface area contributed by atoms with Crippen molar-refractivity contribution >= 4 is 17.5 Å². The summed E-state index contributed by atoms with van der Waals surface area (Å²) in [5.74, 6) is 1.86. The third-order valence-electron chi connectivity index (χ3n) is 4.40. The van der Waals surface area contributed by atoms with Gasteiger partial charge in [0.2, 0.25) is 0 Å². The molecule has 0 aromatic carbocycles. The van der Waals surface area contributed by atoms with Crippen LogP contribution in [0, 0.1) is 11.8 Å². The van der Waals surface area contributed by atoms with Crippen LogP contribution < -0.4 is 10.6 Å². The maximum absolute atomic E-state index is 11.6. The van der Waals surface area contributed by atoms with Gasteiger partial charge in [0, 0.05) is 19.3 Å². The van der Waals surface area contributed by atoms with Gasteiger partial charge in [0.05, 0.1) is 18.4 Å². The number of nitrogens with zero attached hydrogens (tertiary/aromatic N) is 2. The molecule has 0 bridgehead atoms. The molecule has 1 aliphatic carbocycles. The molecule has 3 rings (SSSR count). The molecule has 5 nitrogen and oxygen atoms in total. The topological polar surface area (TPSA) is 68.5 Å². The normalized spacial score (nSPS) is 25.4. The Balaban J connectivity index is 1.87. The van der Waals surface area contributed by atoms with Crippen LogP contribution in [-0.2, 0) is 4.74 Å². The molecule has 0 radical (unpaired) electrons. The lowest BCUT2D eigenvalue weighted by atomic mass is 10.0. The molecular weight excluding hydrogens is 242 g/mol. The van der Waals surface area contributed by atoms with Crippen molar-refractivity contribution in [2.24, 2.45) is 11.8 Å². The Morgan fingerprint density at radius 2 is 2.11 bits per heavy atom. The zero-order valence-corrected chi connectivity index (χ0v) is 11.1. The highest BCUT2D eigenvalue weighted by Gasteiger charge is 2.37. The summed E-state index contributed by atoms with van der Waals surface area (Å²) in [4.78, 5) is 18.2. The summed E-state index contributed by atoms with van der Waals surface area (Å²) in [6.45, 7) is 2.01. The molecule has 2 unspecified atom stereocenters. The van der Waals surface area contributed by atoms with E-state index >= 15 is 0 Å². The molecule has 5 heteroatoms. The Hall–Kier alpha value is -1.78. The summed E-state index contributed by atoms with van der Waals surface area (Å²) >= 11 is 0. The van der Waals surface area contributed by atoms with Gasteiger partial charge in [0.25, 0.3) is 0 Å². The van der Waals surface area contributed by atoms with Crippen molar-refractivity contribution < 1.29 is 9.53 Å². The van der Waals surface area contributed by atoms with Crippen molar-refractivity contribution in [2.75, 3.05) is 30.8 Å². The first kappa shape index (κ1) is 12.3. The summed E-state index contributed by atoms with van der Waals surface area (Å²) in [6.07, 6.45) is 5.58. The zero-order valence-electron chi connectivity index (χ0n) is 11.1. The van der Waals surface area contributed by atoms with E-state index in [1.54, 1.807) is 12.3 Å². The van der Waals surface area contributed by atoms with Crippen LogP contribution in [0.15, 0.2) is 12.3 Å². The monoisotopic (exact) mass is 261 g/mol.